The summed E-state index contributed by atoms with van der Waals surface area (Å²) in [6.07, 6.45) is 3.59. The van der Waals surface area contributed by atoms with Gasteiger partial charge in [0.25, 0.3) is 0 Å². The molecule has 3 rings (SSSR count). The van der Waals surface area contributed by atoms with Gasteiger partial charge in [0.05, 0.1) is 16.4 Å². The number of nitrogens with two attached hydrogens (primary N) is 1. The average Bonchev–Trinajstić information content (AvgIpc) is 2.71. The Balaban J connectivity index is 1.86. The maximum atomic E-state index is 13.7. The summed E-state index contributed by atoms with van der Waals surface area (Å²) in [4.78, 5) is 4.76. The van der Waals surface area contributed by atoms with Crippen LogP contribution >= 0.6 is 11.6 Å². The molecule has 2 saturated heterocycles. The van der Waals surface area contributed by atoms with Crippen molar-refractivity contribution in [3.8, 4) is 0 Å². The molecule has 104 valence electrons. The van der Waals surface area contributed by atoms with Gasteiger partial charge in [0.1, 0.15) is 5.82 Å². The van der Waals surface area contributed by atoms with Gasteiger partial charge in [-0.05, 0) is 31.9 Å². The van der Waals surface area contributed by atoms with E-state index in [0.29, 0.717) is 11.7 Å². The fourth-order valence-corrected chi connectivity index (χ4v) is 3.42. The SMILES string of the molecule is Nc1cc(Cl)c(F)cc1N1CCCN2CCCC2C1. The second kappa shape index (κ2) is 5.17. The molecule has 0 amide bonds. The van der Waals surface area contributed by atoms with E-state index < -0.39 is 5.82 Å². The zero-order valence-electron chi connectivity index (χ0n) is 10.9. The van der Waals surface area contributed by atoms with Crippen molar-refractivity contribution in [3.63, 3.8) is 0 Å². The van der Waals surface area contributed by atoms with Crippen molar-refractivity contribution in [1.29, 1.82) is 0 Å². The van der Waals surface area contributed by atoms with Gasteiger partial charge in [-0.1, -0.05) is 11.6 Å². The molecule has 0 radical (unpaired) electrons. The summed E-state index contributed by atoms with van der Waals surface area (Å²) < 4.78 is 13.7. The summed E-state index contributed by atoms with van der Waals surface area (Å²) >= 11 is 5.76. The molecule has 1 unspecified atom stereocenters. The number of benzene rings is 1. The standard InChI is InChI=1S/C14H19ClFN3/c15-11-7-13(17)14(8-12(11)16)19-6-2-5-18-4-1-3-10(18)9-19/h7-8,10H,1-6,9,17H2. The highest BCUT2D eigenvalue weighted by Crippen LogP contribution is 2.32. The number of fused-ring (bicyclic) bond motifs is 1. The van der Waals surface area contributed by atoms with Crippen LogP contribution in [0.4, 0.5) is 15.8 Å². The molecule has 19 heavy (non-hydrogen) atoms. The van der Waals surface area contributed by atoms with E-state index in [9.17, 15) is 4.39 Å². The van der Waals surface area contributed by atoms with Gasteiger partial charge in [0.15, 0.2) is 0 Å². The van der Waals surface area contributed by atoms with Crippen molar-refractivity contribution < 1.29 is 4.39 Å². The summed E-state index contributed by atoms with van der Waals surface area (Å²) in [7, 11) is 0. The third kappa shape index (κ3) is 2.51. The Labute approximate surface area is 118 Å². The Kier molecular flexibility index (Phi) is 3.54. The zero-order valence-corrected chi connectivity index (χ0v) is 11.7. The van der Waals surface area contributed by atoms with Crippen molar-refractivity contribution in [2.45, 2.75) is 25.3 Å². The first-order valence-electron chi connectivity index (χ1n) is 6.88. The fraction of sp³-hybridized carbons (Fsp3) is 0.571. The Hall–Kier alpha value is -1.00. The molecule has 0 bridgehead atoms. The van der Waals surface area contributed by atoms with Crippen molar-refractivity contribution in [1.82, 2.24) is 4.90 Å². The zero-order chi connectivity index (χ0) is 13.4. The Morgan fingerprint density at radius 1 is 1.21 bits per heavy atom. The molecule has 0 spiro atoms. The molecule has 2 N–H and O–H groups in total. The first kappa shape index (κ1) is 13.0. The van der Waals surface area contributed by atoms with E-state index in [1.54, 1.807) is 0 Å². The van der Waals surface area contributed by atoms with Crippen molar-refractivity contribution >= 4 is 23.0 Å². The first-order chi connectivity index (χ1) is 9.15. The lowest BCUT2D eigenvalue weighted by molar-refractivity contribution is 0.273. The van der Waals surface area contributed by atoms with Crippen molar-refractivity contribution in [2.24, 2.45) is 0 Å². The molecule has 1 aromatic rings. The quantitative estimate of drug-likeness (QED) is 0.805. The molecule has 3 nitrogen and oxygen atoms in total. The Bertz CT molecular complexity index is 480. The van der Waals surface area contributed by atoms with Crippen LogP contribution in [0.25, 0.3) is 0 Å². The van der Waals surface area contributed by atoms with Gasteiger partial charge in [-0.2, -0.15) is 0 Å². The normalized spacial score (nSPS) is 24.3. The first-order valence-corrected chi connectivity index (χ1v) is 7.26. The minimum Gasteiger partial charge on any atom is -0.397 e. The van der Waals surface area contributed by atoms with Crippen LogP contribution in [0.2, 0.25) is 5.02 Å². The minimum absolute atomic E-state index is 0.0959. The number of halogens is 2. The van der Waals surface area contributed by atoms with Crippen LogP contribution < -0.4 is 10.6 Å². The molecule has 2 aliphatic heterocycles. The summed E-state index contributed by atoms with van der Waals surface area (Å²) in [5.41, 5.74) is 7.36. The van der Waals surface area contributed by atoms with Crippen LogP contribution in [-0.4, -0.2) is 37.1 Å². The monoisotopic (exact) mass is 283 g/mol. The van der Waals surface area contributed by atoms with Crippen molar-refractivity contribution in [3.05, 3.63) is 23.0 Å². The highest BCUT2D eigenvalue weighted by atomic mass is 35.5. The van der Waals surface area contributed by atoms with E-state index in [-0.39, 0.29) is 5.02 Å². The van der Waals surface area contributed by atoms with Gasteiger partial charge in [-0.3, -0.25) is 4.90 Å². The van der Waals surface area contributed by atoms with Crippen LogP contribution in [0.5, 0.6) is 0 Å². The van der Waals surface area contributed by atoms with Gasteiger partial charge in [-0.15, -0.1) is 0 Å². The third-order valence-electron chi connectivity index (χ3n) is 4.21. The minimum atomic E-state index is -0.390. The van der Waals surface area contributed by atoms with E-state index in [1.165, 1.54) is 31.5 Å². The van der Waals surface area contributed by atoms with Crippen LogP contribution in [0.1, 0.15) is 19.3 Å². The predicted octanol–water partition coefficient (Wildman–Crippen LogP) is 2.74. The Morgan fingerprint density at radius 3 is 2.84 bits per heavy atom. The lowest BCUT2D eigenvalue weighted by atomic mass is 10.2. The van der Waals surface area contributed by atoms with Gasteiger partial charge >= 0.3 is 0 Å². The lowest BCUT2D eigenvalue weighted by Crippen LogP contribution is -2.36. The average molecular weight is 284 g/mol. The molecular weight excluding hydrogens is 265 g/mol. The Morgan fingerprint density at radius 2 is 2.00 bits per heavy atom. The number of nitrogen functional groups attached to an aromatic ring is 1. The van der Waals surface area contributed by atoms with E-state index >= 15 is 0 Å². The summed E-state index contributed by atoms with van der Waals surface area (Å²) in [6.45, 7) is 4.20. The molecule has 1 atom stereocenters. The number of hydrogen-bond donors (Lipinski definition) is 1. The predicted molar refractivity (Wildman–Crippen MR) is 77.2 cm³/mol. The molecule has 2 fully saturated rings. The highest BCUT2D eigenvalue weighted by Gasteiger charge is 2.29. The lowest BCUT2D eigenvalue weighted by Gasteiger charge is -2.28. The van der Waals surface area contributed by atoms with Gasteiger partial charge in [0.2, 0.25) is 0 Å². The van der Waals surface area contributed by atoms with E-state index in [4.69, 9.17) is 17.3 Å². The second-order valence-electron chi connectivity index (χ2n) is 5.46. The molecule has 5 heteroatoms. The molecule has 2 heterocycles. The number of nitrogens with zero attached hydrogens (tertiary/aromatic N) is 2. The van der Waals surface area contributed by atoms with Crippen LogP contribution in [0, 0.1) is 5.82 Å². The molecule has 0 aromatic heterocycles. The molecule has 0 saturated carbocycles. The number of anilines is 2. The van der Waals surface area contributed by atoms with E-state index in [1.807, 2.05) is 0 Å². The van der Waals surface area contributed by atoms with Crippen molar-refractivity contribution in [2.75, 3.05) is 36.8 Å². The third-order valence-corrected chi connectivity index (χ3v) is 4.50. The summed E-state index contributed by atoms with van der Waals surface area (Å²) in [5, 5.41) is 0.0959. The smallest absolute Gasteiger partial charge is 0.144 e. The molecule has 1 aromatic carbocycles. The summed E-state index contributed by atoms with van der Waals surface area (Å²) in [6, 6.07) is 3.58. The fourth-order valence-electron chi connectivity index (χ4n) is 3.25. The maximum absolute atomic E-state index is 13.7. The van der Waals surface area contributed by atoms with Gasteiger partial charge in [-0.25, -0.2) is 4.39 Å². The van der Waals surface area contributed by atoms with Crippen LogP contribution in [-0.2, 0) is 0 Å². The number of hydrogen-bond acceptors (Lipinski definition) is 3. The number of rotatable bonds is 1. The van der Waals surface area contributed by atoms with Crippen LogP contribution in [0.15, 0.2) is 12.1 Å². The van der Waals surface area contributed by atoms with Gasteiger partial charge < -0.3 is 10.6 Å². The second-order valence-corrected chi connectivity index (χ2v) is 5.86. The topological polar surface area (TPSA) is 32.5 Å². The largest absolute Gasteiger partial charge is 0.397 e. The molecular formula is C14H19ClFN3. The molecule has 2 aliphatic rings. The molecule has 0 aliphatic carbocycles. The maximum Gasteiger partial charge on any atom is 0.144 e. The van der Waals surface area contributed by atoms with E-state index in [2.05, 4.69) is 9.80 Å². The summed E-state index contributed by atoms with van der Waals surface area (Å²) in [5.74, 6) is -0.390. The van der Waals surface area contributed by atoms with Crippen LogP contribution in [0.3, 0.4) is 0 Å². The van der Waals surface area contributed by atoms with Gasteiger partial charge in [0, 0.05) is 31.7 Å². The highest BCUT2D eigenvalue weighted by molar-refractivity contribution is 6.31. The van der Waals surface area contributed by atoms with E-state index in [0.717, 1.165) is 31.7 Å².